The van der Waals surface area contributed by atoms with Crippen LogP contribution in [-0.4, -0.2) is 24.0 Å². The number of amides is 1. The fourth-order valence-electron chi connectivity index (χ4n) is 2.52. The second-order valence-electron chi connectivity index (χ2n) is 5.26. The van der Waals surface area contributed by atoms with E-state index in [2.05, 4.69) is 18.7 Å². The zero-order chi connectivity index (χ0) is 15.5. The molecule has 1 aliphatic heterocycles. The van der Waals surface area contributed by atoms with Gasteiger partial charge in [-0.15, -0.1) is 12.6 Å². The number of thiol groups is 1. The van der Waals surface area contributed by atoms with Gasteiger partial charge in [0, 0.05) is 23.0 Å². The number of rotatable bonds is 3. The van der Waals surface area contributed by atoms with Crippen molar-refractivity contribution in [3.63, 3.8) is 0 Å². The van der Waals surface area contributed by atoms with Gasteiger partial charge >= 0.3 is 0 Å². The maximum Gasteiger partial charge on any atom is 0.260 e. The molecule has 2 aromatic carbocycles. The van der Waals surface area contributed by atoms with E-state index in [4.69, 9.17) is 16.3 Å². The minimum Gasteiger partial charge on any atom is -0.484 e. The highest BCUT2D eigenvalue weighted by molar-refractivity contribution is 7.80. The molecule has 1 heterocycles. The van der Waals surface area contributed by atoms with Gasteiger partial charge < -0.3 is 9.64 Å². The summed E-state index contributed by atoms with van der Waals surface area (Å²) in [5, 5.41) is 0.647. The molecule has 3 rings (SSSR count). The molecular formula is C17H16ClNO2S. The summed E-state index contributed by atoms with van der Waals surface area (Å²) in [4.78, 5) is 15.0. The van der Waals surface area contributed by atoms with E-state index in [-0.39, 0.29) is 12.5 Å². The molecule has 0 aliphatic carbocycles. The molecule has 0 saturated carbocycles. The molecule has 1 amide bonds. The van der Waals surface area contributed by atoms with Gasteiger partial charge in [0.2, 0.25) is 0 Å². The molecule has 0 bridgehead atoms. The van der Waals surface area contributed by atoms with Crippen LogP contribution in [-0.2, 0) is 17.8 Å². The number of benzene rings is 2. The van der Waals surface area contributed by atoms with Gasteiger partial charge in [-0.05, 0) is 53.9 Å². The second kappa shape index (κ2) is 6.63. The van der Waals surface area contributed by atoms with Crippen LogP contribution >= 0.6 is 24.2 Å². The van der Waals surface area contributed by atoms with Gasteiger partial charge in [-0.25, -0.2) is 0 Å². The van der Waals surface area contributed by atoms with Crippen LogP contribution in [0.3, 0.4) is 0 Å². The molecule has 0 fully saturated rings. The molecule has 0 aromatic heterocycles. The first-order chi connectivity index (χ1) is 10.6. The summed E-state index contributed by atoms with van der Waals surface area (Å²) in [6.45, 7) is 1.38. The zero-order valence-electron chi connectivity index (χ0n) is 12.0. The number of nitrogens with zero attached hydrogens (tertiary/aromatic N) is 1. The van der Waals surface area contributed by atoms with Crippen molar-refractivity contribution >= 4 is 30.1 Å². The summed E-state index contributed by atoms with van der Waals surface area (Å²) in [5.41, 5.74) is 2.46. The molecule has 22 heavy (non-hydrogen) atoms. The highest BCUT2D eigenvalue weighted by atomic mass is 35.5. The minimum atomic E-state index is -0.00910. The molecule has 0 radical (unpaired) electrons. The molecule has 0 saturated heterocycles. The van der Waals surface area contributed by atoms with Crippen molar-refractivity contribution in [2.45, 2.75) is 17.9 Å². The number of carbonyl (C=O) groups is 1. The van der Waals surface area contributed by atoms with E-state index in [0.29, 0.717) is 17.3 Å². The van der Waals surface area contributed by atoms with Crippen LogP contribution < -0.4 is 4.74 Å². The van der Waals surface area contributed by atoms with E-state index in [1.54, 1.807) is 24.3 Å². The number of fused-ring (bicyclic) bond motifs is 1. The van der Waals surface area contributed by atoms with E-state index in [1.807, 2.05) is 17.0 Å². The van der Waals surface area contributed by atoms with Crippen molar-refractivity contribution in [2.24, 2.45) is 0 Å². The third kappa shape index (κ3) is 3.57. The Morgan fingerprint density at radius 1 is 1.18 bits per heavy atom. The quantitative estimate of drug-likeness (QED) is 0.870. The van der Waals surface area contributed by atoms with Gasteiger partial charge in [0.05, 0.1) is 0 Å². The van der Waals surface area contributed by atoms with Crippen molar-refractivity contribution in [3.8, 4) is 5.75 Å². The van der Waals surface area contributed by atoms with E-state index in [1.165, 1.54) is 11.1 Å². The van der Waals surface area contributed by atoms with E-state index in [9.17, 15) is 4.79 Å². The van der Waals surface area contributed by atoms with Crippen LogP contribution in [0, 0.1) is 0 Å². The van der Waals surface area contributed by atoms with Gasteiger partial charge in [-0.2, -0.15) is 0 Å². The SMILES string of the molecule is O=C(COc1ccc(Cl)cc1)N1CCc2ccc(S)cc2C1. The lowest BCUT2D eigenvalue weighted by molar-refractivity contribution is -0.134. The third-order valence-electron chi connectivity index (χ3n) is 3.73. The van der Waals surface area contributed by atoms with Crippen LogP contribution in [0.4, 0.5) is 0 Å². The summed E-state index contributed by atoms with van der Waals surface area (Å²) < 4.78 is 5.52. The van der Waals surface area contributed by atoms with Crippen molar-refractivity contribution in [2.75, 3.05) is 13.2 Å². The Morgan fingerprint density at radius 3 is 2.73 bits per heavy atom. The average Bonchev–Trinajstić information content (AvgIpc) is 2.53. The molecule has 5 heteroatoms. The largest absolute Gasteiger partial charge is 0.484 e. The number of hydrogen-bond donors (Lipinski definition) is 1. The highest BCUT2D eigenvalue weighted by Crippen LogP contribution is 2.22. The topological polar surface area (TPSA) is 29.5 Å². The standard InChI is InChI=1S/C17H16ClNO2S/c18-14-2-4-15(5-3-14)21-11-17(20)19-8-7-12-1-6-16(22)9-13(12)10-19/h1-6,9,22H,7-8,10-11H2. The fourth-order valence-corrected chi connectivity index (χ4v) is 2.88. The maximum absolute atomic E-state index is 12.3. The van der Waals surface area contributed by atoms with Gasteiger partial charge in [0.15, 0.2) is 6.61 Å². The average molecular weight is 334 g/mol. The minimum absolute atomic E-state index is 0.00910. The van der Waals surface area contributed by atoms with Crippen molar-refractivity contribution in [1.29, 1.82) is 0 Å². The monoisotopic (exact) mass is 333 g/mol. The van der Waals surface area contributed by atoms with Crippen LogP contribution in [0.5, 0.6) is 5.75 Å². The molecule has 0 unspecified atom stereocenters. The number of halogens is 1. The number of ether oxygens (including phenoxy) is 1. The smallest absolute Gasteiger partial charge is 0.260 e. The third-order valence-corrected chi connectivity index (χ3v) is 4.26. The number of carbonyl (C=O) groups excluding carboxylic acids is 1. The molecule has 1 aliphatic rings. The molecule has 0 atom stereocenters. The zero-order valence-corrected chi connectivity index (χ0v) is 13.6. The maximum atomic E-state index is 12.3. The van der Waals surface area contributed by atoms with Crippen LogP contribution in [0.25, 0.3) is 0 Å². The molecule has 0 spiro atoms. The van der Waals surface area contributed by atoms with Crippen LogP contribution in [0.15, 0.2) is 47.4 Å². The van der Waals surface area contributed by atoms with E-state index in [0.717, 1.165) is 17.9 Å². The Hall–Kier alpha value is -1.65. The molecule has 2 aromatic rings. The fraction of sp³-hybridized carbons (Fsp3) is 0.235. The Balaban J connectivity index is 1.60. The second-order valence-corrected chi connectivity index (χ2v) is 6.21. The van der Waals surface area contributed by atoms with Gasteiger partial charge in [-0.3, -0.25) is 4.79 Å². The summed E-state index contributed by atoms with van der Waals surface area (Å²) >= 11 is 10.2. The van der Waals surface area contributed by atoms with Gasteiger partial charge in [-0.1, -0.05) is 17.7 Å². The molecule has 3 nitrogen and oxygen atoms in total. The summed E-state index contributed by atoms with van der Waals surface area (Å²) in [7, 11) is 0. The van der Waals surface area contributed by atoms with Gasteiger partial charge in [0.25, 0.3) is 5.91 Å². The summed E-state index contributed by atoms with van der Waals surface area (Å²) in [6.07, 6.45) is 0.871. The first kappa shape index (κ1) is 15.3. The lowest BCUT2D eigenvalue weighted by Gasteiger charge is -2.29. The van der Waals surface area contributed by atoms with Crippen molar-refractivity contribution in [1.82, 2.24) is 4.90 Å². The predicted molar refractivity (Wildman–Crippen MR) is 89.8 cm³/mol. The Morgan fingerprint density at radius 2 is 1.95 bits per heavy atom. The molecule has 114 valence electrons. The van der Waals surface area contributed by atoms with Crippen molar-refractivity contribution in [3.05, 3.63) is 58.6 Å². The first-order valence-corrected chi connectivity index (χ1v) is 7.91. The van der Waals surface area contributed by atoms with E-state index >= 15 is 0 Å². The first-order valence-electron chi connectivity index (χ1n) is 7.09. The highest BCUT2D eigenvalue weighted by Gasteiger charge is 2.21. The Bertz CT molecular complexity index is 688. The molecular weight excluding hydrogens is 318 g/mol. The number of hydrogen-bond acceptors (Lipinski definition) is 3. The van der Waals surface area contributed by atoms with Crippen molar-refractivity contribution < 1.29 is 9.53 Å². The molecule has 0 N–H and O–H groups in total. The van der Waals surface area contributed by atoms with E-state index < -0.39 is 0 Å². The Labute approximate surface area is 140 Å². The normalized spacial score (nSPS) is 13.6. The van der Waals surface area contributed by atoms with Gasteiger partial charge in [0.1, 0.15) is 5.75 Å². The van der Waals surface area contributed by atoms with Crippen LogP contribution in [0.2, 0.25) is 5.02 Å². The Kier molecular flexibility index (Phi) is 4.60. The summed E-state index contributed by atoms with van der Waals surface area (Å²) in [5.74, 6) is 0.637. The van der Waals surface area contributed by atoms with Crippen LogP contribution in [0.1, 0.15) is 11.1 Å². The lowest BCUT2D eigenvalue weighted by Crippen LogP contribution is -2.38. The summed E-state index contributed by atoms with van der Waals surface area (Å²) in [6, 6.07) is 13.1. The predicted octanol–water partition coefficient (Wildman–Crippen LogP) is 3.59. The lowest BCUT2D eigenvalue weighted by atomic mass is 10.00.